The van der Waals surface area contributed by atoms with Gasteiger partial charge in [0.1, 0.15) is 11.9 Å². The summed E-state index contributed by atoms with van der Waals surface area (Å²) in [6.07, 6.45) is -3.02. The molecule has 0 aliphatic rings. The minimum atomic E-state index is -4.56. The summed E-state index contributed by atoms with van der Waals surface area (Å²) in [5.74, 6) is -0.989. The monoisotopic (exact) mass is 319 g/mol. The Kier molecular flexibility index (Phi) is 5.55. The summed E-state index contributed by atoms with van der Waals surface area (Å²) in [5.41, 5.74) is -1.37. The zero-order valence-corrected chi connectivity index (χ0v) is 11.4. The van der Waals surface area contributed by atoms with Crippen LogP contribution in [-0.4, -0.2) is 17.6 Å². The number of pyridine rings is 1. The van der Waals surface area contributed by atoms with Crippen LogP contribution in [0.1, 0.15) is 12.5 Å². The smallest absolute Gasteiger partial charge is 0.417 e. The molecule has 0 unspecified atom stereocenters. The van der Waals surface area contributed by atoms with Crippen LogP contribution in [0, 0.1) is 11.3 Å². The maximum Gasteiger partial charge on any atom is 0.417 e. The van der Waals surface area contributed by atoms with E-state index in [1.165, 1.54) is 0 Å². The van der Waals surface area contributed by atoms with Crippen LogP contribution in [0.2, 0.25) is 5.02 Å². The van der Waals surface area contributed by atoms with Gasteiger partial charge in [0, 0.05) is 12.4 Å². The van der Waals surface area contributed by atoms with E-state index in [4.69, 9.17) is 16.9 Å². The molecule has 0 amide bonds. The van der Waals surface area contributed by atoms with E-state index < -0.39 is 17.7 Å². The third-order valence-electron chi connectivity index (χ3n) is 2.14. The molecule has 1 rings (SSSR count). The van der Waals surface area contributed by atoms with Crippen LogP contribution >= 0.6 is 11.6 Å². The Labute approximate surface area is 123 Å². The highest BCUT2D eigenvalue weighted by Crippen LogP contribution is 2.32. The molecule has 0 aliphatic heterocycles. The third-order valence-corrected chi connectivity index (χ3v) is 2.43. The van der Waals surface area contributed by atoms with E-state index in [9.17, 15) is 18.0 Å². The Hall–Kier alpha value is -2.27. The van der Waals surface area contributed by atoms with Gasteiger partial charge in [-0.05, 0) is 13.0 Å². The number of carbonyl (C=O) groups excluding carboxylic acids is 1. The lowest BCUT2D eigenvalue weighted by molar-refractivity contribution is -0.138. The lowest BCUT2D eigenvalue weighted by Gasteiger charge is -2.09. The van der Waals surface area contributed by atoms with E-state index in [1.807, 2.05) is 0 Å². The molecule has 0 radical (unpaired) electrons. The average Bonchev–Trinajstić information content (AvgIpc) is 2.40. The lowest BCUT2D eigenvalue weighted by atomic mass is 10.2. The molecule has 0 saturated carbocycles. The van der Waals surface area contributed by atoms with Crippen molar-refractivity contribution in [1.82, 2.24) is 4.98 Å². The van der Waals surface area contributed by atoms with Gasteiger partial charge in [0.2, 0.25) is 0 Å². The van der Waals surface area contributed by atoms with Gasteiger partial charge in [0.25, 0.3) is 0 Å². The number of nitriles is 1. The lowest BCUT2D eigenvalue weighted by Crippen LogP contribution is -2.09. The van der Waals surface area contributed by atoms with Gasteiger partial charge in [-0.25, -0.2) is 9.78 Å². The zero-order chi connectivity index (χ0) is 16.0. The maximum atomic E-state index is 12.4. The molecule has 1 aromatic heterocycles. The van der Waals surface area contributed by atoms with Crippen molar-refractivity contribution < 1.29 is 22.7 Å². The number of hydrogen-bond donors (Lipinski definition) is 1. The van der Waals surface area contributed by atoms with E-state index in [-0.39, 0.29) is 23.0 Å². The van der Waals surface area contributed by atoms with Gasteiger partial charge < -0.3 is 10.1 Å². The van der Waals surface area contributed by atoms with Crippen molar-refractivity contribution in [3.8, 4) is 6.07 Å². The molecule has 0 spiro atoms. The Bertz CT molecular complexity index is 609. The fourth-order valence-corrected chi connectivity index (χ4v) is 1.41. The topological polar surface area (TPSA) is 75.0 Å². The Morgan fingerprint density at radius 2 is 2.29 bits per heavy atom. The molecule has 1 heterocycles. The van der Waals surface area contributed by atoms with Gasteiger partial charge >= 0.3 is 12.1 Å². The summed E-state index contributed by atoms with van der Waals surface area (Å²) < 4.78 is 41.9. The molecule has 9 heteroatoms. The van der Waals surface area contributed by atoms with Crippen molar-refractivity contribution in [1.29, 1.82) is 5.26 Å². The van der Waals surface area contributed by atoms with Gasteiger partial charge in [-0.2, -0.15) is 18.4 Å². The quantitative estimate of drug-likeness (QED) is 0.524. The number of carbonyl (C=O) groups is 1. The number of rotatable bonds is 4. The first kappa shape index (κ1) is 16.8. The summed E-state index contributed by atoms with van der Waals surface area (Å²) in [4.78, 5) is 14.8. The van der Waals surface area contributed by atoms with Crippen LogP contribution in [0.4, 0.5) is 19.0 Å². The molecule has 5 nitrogen and oxygen atoms in total. The summed E-state index contributed by atoms with van der Waals surface area (Å²) in [6.45, 7) is 1.64. The van der Waals surface area contributed by atoms with Gasteiger partial charge in [-0.3, -0.25) is 0 Å². The second-order valence-corrected chi connectivity index (χ2v) is 3.99. The third kappa shape index (κ3) is 4.65. The van der Waals surface area contributed by atoms with Crippen LogP contribution in [0.3, 0.4) is 0 Å². The molecule has 0 aliphatic carbocycles. The van der Waals surface area contributed by atoms with Crippen LogP contribution in [0.25, 0.3) is 0 Å². The minimum Gasteiger partial charge on any atom is -0.462 e. The number of nitrogens with one attached hydrogen (secondary N) is 1. The first-order valence-corrected chi connectivity index (χ1v) is 5.94. The molecular weight excluding hydrogens is 311 g/mol. The SMILES string of the molecule is CCOC(=O)C(C#N)=CNc1ncc(C(F)(F)F)cc1Cl. The second-order valence-electron chi connectivity index (χ2n) is 3.59. The van der Waals surface area contributed by atoms with E-state index in [0.29, 0.717) is 12.3 Å². The number of hydrogen-bond acceptors (Lipinski definition) is 5. The highest BCUT2D eigenvalue weighted by molar-refractivity contribution is 6.33. The molecule has 0 fully saturated rings. The Morgan fingerprint density at radius 3 is 2.76 bits per heavy atom. The van der Waals surface area contributed by atoms with Crippen LogP contribution in [0.15, 0.2) is 24.0 Å². The number of halogens is 4. The van der Waals surface area contributed by atoms with E-state index in [1.54, 1.807) is 13.0 Å². The highest BCUT2D eigenvalue weighted by Gasteiger charge is 2.31. The van der Waals surface area contributed by atoms with E-state index in [2.05, 4.69) is 15.0 Å². The molecule has 112 valence electrons. The molecule has 0 aromatic carbocycles. The van der Waals surface area contributed by atoms with Crippen LogP contribution in [0.5, 0.6) is 0 Å². The van der Waals surface area contributed by atoms with Gasteiger partial charge in [-0.15, -0.1) is 0 Å². The van der Waals surface area contributed by atoms with Crippen molar-refractivity contribution in [3.05, 3.63) is 34.6 Å². The standard InChI is InChI=1S/C12H9ClF3N3O2/c1-2-21-11(20)7(4-17)5-18-10-9(13)3-8(6-19-10)12(14,15)16/h3,5-6H,2H2,1H3,(H,18,19). The second kappa shape index (κ2) is 6.95. The summed E-state index contributed by atoms with van der Waals surface area (Å²) >= 11 is 5.65. The number of aromatic nitrogens is 1. The Morgan fingerprint density at radius 1 is 1.62 bits per heavy atom. The Balaban J connectivity index is 2.94. The predicted molar refractivity (Wildman–Crippen MR) is 68.2 cm³/mol. The first-order valence-electron chi connectivity index (χ1n) is 5.56. The fraction of sp³-hybridized carbons (Fsp3) is 0.250. The summed E-state index contributed by atoms with van der Waals surface area (Å²) in [6, 6.07) is 2.27. The minimum absolute atomic E-state index is 0.0805. The highest BCUT2D eigenvalue weighted by atomic mass is 35.5. The van der Waals surface area contributed by atoms with Crippen molar-refractivity contribution in [3.63, 3.8) is 0 Å². The van der Waals surface area contributed by atoms with Gasteiger partial charge in [-0.1, -0.05) is 11.6 Å². The van der Waals surface area contributed by atoms with Gasteiger partial charge in [0.05, 0.1) is 17.2 Å². The fourth-order valence-electron chi connectivity index (χ4n) is 1.19. The first-order chi connectivity index (χ1) is 9.79. The van der Waals surface area contributed by atoms with Gasteiger partial charge in [0.15, 0.2) is 5.57 Å². The molecule has 0 saturated heterocycles. The molecular formula is C12H9ClF3N3O2. The normalized spacial score (nSPS) is 11.7. The molecule has 1 aromatic rings. The van der Waals surface area contributed by atoms with E-state index >= 15 is 0 Å². The van der Waals surface area contributed by atoms with E-state index in [0.717, 1.165) is 6.20 Å². The largest absolute Gasteiger partial charge is 0.462 e. The number of nitrogens with zero attached hydrogens (tertiary/aromatic N) is 2. The van der Waals surface area contributed by atoms with Crippen LogP contribution in [-0.2, 0) is 15.7 Å². The maximum absolute atomic E-state index is 12.4. The number of esters is 1. The summed E-state index contributed by atoms with van der Waals surface area (Å²) in [5, 5.41) is 10.8. The molecule has 1 N–H and O–H groups in total. The van der Waals surface area contributed by atoms with Crippen molar-refractivity contribution in [2.45, 2.75) is 13.1 Å². The molecule has 0 atom stereocenters. The number of alkyl halides is 3. The van der Waals surface area contributed by atoms with Crippen molar-refractivity contribution in [2.24, 2.45) is 0 Å². The summed E-state index contributed by atoms with van der Waals surface area (Å²) in [7, 11) is 0. The average molecular weight is 320 g/mol. The predicted octanol–water partition coefficient (Wildman–Crippen LogP) is 3.14. The molecule has 21 heavy (non-hydrogen) atoms. The molecule has 0 bridgehead atoms. The zero-order valence-electron chi connectivity index (χ0n) is 10.7. The number of anilines is 1. The van der Waals surface area contributed by atoms with Crippen molar-refractivity contribution in [2.75, 3.05) is 11.9 Å². The number of ether oxygens (including phenoxy) is 1. The van der Waals surface area contributed by atoms with Crippen LogP contribution < -0.4 is 5.32 Å². The van der Waals surface area contributed by atoms with Crippen molar-refractivity contribution >= 4 is 23.4 Å².